The van der Waals surface area contributed by atoms with Crippen molar-refractivity contribution in [3.05, 3.63) is 34.9 Å². The summed E-state index contributed by atoms with van der Waals surface area (Å²) in [6.45, 7) is 5.59. The minimum atomic E-state index is -0.393. The number of rotatable bonds is 3. The van der Waals surface area contributed by atoms with Crippen LogP contribution in [-0.4, -0.2) is 11.5 Å². The molecule has 0 heterocycles. The standard InChI is InChI=1S/C12H16ClNO2/c1-12(2,3)16-14-11(15)8-9-6-4-5-7-10(9)13/h4-7H,8H2,1-3H3,(H,14,15). The average molecular weight is 242 g/mol. The van der Waals surface area contributed by atoms with E-state index < -0.39 is 5.60 Å². The maximum Gasteiger partial charge on any atom is 0.248 e. The first kappa shape index (κ1) is 13.0. The Labute approximate surface area is 101 Å². The van der Waals surface area contributed by atoms with Gasteiger partial charge in [0.25, 0.3) is 0 Å². The van der Waals surface area contributed by atoms with Crippen molar-refractivity contribution < 1.29 is 9.63 Å². The third-order valence-electron chi connectivity index (χ3n) is 1.78. The van der Waals surface area contributed by atoms with E-state index in [9.17, 15) is 4.79 Å². The number of hydroxylamine groups is 1. The van der Waals surface area contributed by atoms with Gasteiger partial charge < -0.3 is 0 Å². The molecule has 1 N–H and O–H groups in total. The smallest absolute Gasteiger partial charge is 0.248 e. The molecule has 0 aliphatic carbocycles. The highest BCUT2D eigenvalue weighted by Gasteiger charge is 2.13. The van der Waals surface area contributed by atoms with Gasteiger partial charge in [0.2, 0.25) is 5.91 Å². The number of hydrogen-bond acceptors (Lipinski definition) is 2. The summed E-state index contributed by atoms with van der Waals surface area (Å²) in [5.41, 5.74) is 2.80. The van der Waals surface area contributed by atoms with Crippen molar-refractivity contribution in [2.45, 2.75) is 32.8 Å². The summed E-state index contributed by atoms with van der Waals surface area (Å²) in [5.74, 6) is -0.206. The first-order chi connectivity index (χ1) is 7.38. The van der Waals surface area contributed by atoms with Gasteiger partial charge in [0, 0.05) is 5.02 Å². The normalized spacial score (nSPS) is 11.2. The number of carbonyl (C=O) groups is 1. The van der Waals surface area contributed by atoms with Crippen molar-refractivity contribution in [2.75, 3.05) is 0 Å². The van der Waals surface area contributed by atoms with Crippen LogP contribution in [0, 0.1) is 0 Å². The number of hydrogen-bond donors (Lipinski definition) is 1. The van der Waals surface area contributed by atoms with E-state index in [0.717, 1.165) is 5.56 Å². The average Bonchev–Trinajstić information content (AvgIpc) is 2.18. The lowest BCUT2D eigenvalue weighted by atomic mass is 10.1. The summed E-state index contributed by atoms with van der Waals surface area (Å²) in [4.78, 5) is 16.7. The molecule has 1 aromatic rings. The number of nitrogens with one attached hydrogen (secondary N) is 1. The minimum absolute atomic E-state index is 0.206. The van der Waals surface area contributed by atoms with Crippen molar-refractivity contribution in [1.29, 1.82) is 0 Å². The second kappa shape index (κ2) is 5.32. The van der Waals surface area contributed by atoms with E-state index in [0.29, 0.717) is 5.02 Å². The summed E-state index contributed by atoms with van der Waals surface area (Å²) in [6, 6.07) is 7.25. The van der Waals surface area contributed by atoms with Crippen LogP contribution in [0.25, 0.3) is 0 Å². The Morgan fingerprint density at radius 3 is 2.56 bits per heavy atom. The van der Waals surface area contributed by atoms with Crippen LogP contribution in [0.5, 0.6) is 0 Å². The molecule has 1 rings (SSSR count). The monoisotopic (exact) mass is 241 g/mol. The van der Waals surface area contributed by atoms with Gasteiger partial charge in [-0.1, -0.05) is 29.8 Å². The van der Waals surface area contributed by atoms with E-state index in [1.165, 1.54) is 0 Å². The molecular weight excluding hydrogens is 226 g/mol. The van der Waals surface area contributed by atoms with Gasteiger partial charge in [0.05, 0.1) is 12.0 Å². The van der Waals surface area contributed by atoms with Crippen LogP contribution in [0.3, 0.4) is 0 Å². The number of benzene rings is 1. The van der Waals surface area contributed by atoms with Gasteiger partial charge in [0.15, 0.2) is 0 Å². The molecule has 0 aliphatic heterocycles. The lowest BCUT2D eigenvalue weighted by Crippen LogP contribution is -2.34. The Morgan fingerprint density at radius 2 is 2.00 bits per heavy atom. The largest absolute Gasteiger partial charge is 0.272 e. The van der Waals surface area contributed by atoms with E-state index in [-0.39, 0.29) is 12.3 Å². The summed E-state index contributed by atoms with van der Waals surface area (Å²) in [5, 5.41) is 0.591. The van der Waals surface area contributed by atoms with Crippen molar-refractivity contribution in [2.24, 2.45) is 0 Å². The lowest BCUT2D eigenvalue weighted by molar-refractivity contribution is -0.144. The fourth-order valence-electron chi connectivity index (χ4n) is 1.06. The highest BCUT2D eigenvalue weighted by atomic mass is 35.5. The Hall–Kier alpha value is -1.06. The fraction of sp³-hybridized carbons (Fsp3) is 0.417. The topological polar surface area (TPSA) is 38.3 Å². The van der Waals surface area contributed by atoms with Gasteiger partial charge in [-0.2, -0.15) is 0 Å². The van der Waals surface area contributed by atoms with Gasteiger partial charge in [0.1, 0.15) is 0 Å². The van der Waals surface area contributed by atoms with E-state index >= 15 is 0 Å². The van der Waals surface area contributed by atoms with Crippen LogP contribution in [0.2, 0.25) is 5.02 Å². The van der Waals surface area contributed by atoms with Gasteiger partial charge in [-0.3, -0.25) is 9.63 Å². The molecule has 0 aromatic heterocycles. The van der Waals surface area contributed by atoms with E-state index in [4.69, 9.17) is 16.4 Å². The van der Waals surface area contributed by atoms with Gasteiger partial charge in [-0.05, 0) is 32.4 Å². The highest BCUT2D eigenvalue weighted by molar-refractivity contribution is 6.31. The number of carbonyl (C=O) groups excluding carboxylic acids is 1. The Kier molecular flexibility index (Phi) is 4.33. The molecular formula is C12H16ClNO2. The zero-order valence-electron chi connectivity index (χ0n) is 9.71. The molecule has 0 spiro atoms. The highest BCUT2D eigenvalue weighted by Crippen LogP contribution is 2.15. The molecule has 0 saturated carbocycles. The predicted octanol–water partition coefficient (Wildman–Crippen LogP) is 2.73. The van der Waals surface area contributed by atoms with Crippen LogP contribution < -0.4 is 5.48 Å². The molecule has 0 radical (unpaired) electrons. The van der Waals surface area contributed by atoms with E-state index in [2.05, 4.69) is 5.48 Å². The zero-order valence-corrected chi connectivity index (χ0v) is 10.5. The van der Waals surface area contributed by atoms with Gasteiger partial charge in [-0.15, -0.1) is 0 Å². The summed E-state index contributed by atoms with van der Waals surface area (Å²) in [7, 11) is 0. The third-order valence-corrected chi connectivity index (χ3v) is 2.15. The van der Waals surface area contributed by atoms with Gasteiger partial charge >= 0.3 is 0 Å². The van der Waals surface area contributed by atoms with E-state index in [1.54, 1.807) is 6.07 Å². The summed E-state index contributed by atoms with van der Waals surface area (Å²) >= 11 is 5.94. The van der Waals surface area contributed by atoms with Crippen LogP contribution in [0.4, 0.5) is 0 Å². The van der Waals surface area contributed by atoms with Crippen LogP contribution in [0.1, 0.15) is 26.3 Å². The van der Waals surface area contributed by atoms with E-state index in [1.807, 2.05) is 39.0 Å². The fourth-order valence-corrected chi connectivity index (χ4v) is 1.26. The van der Waals surface area contributed by atoms with Crippen molar-refractivity contribution in [3.63, 3.8) is 0 Å². The molecule has 88 valence electrons. The second-order valence-corrected chi connectivity index (χ2v) is 4.92. The molecule has 3 nitrogen and oxygen atoms in total. The molecule has 0 aliphatic rings. The van der Waals surface area contributed by atoms with Crippen LogP contribution >= 0.6 is 11.6 Å². The Bertz CT molecular complexity index is 372. The third kappa shape index (κ3) is 4.64. The maximum atomic E-state index is 11.5. The lowest BCUT2D eigenvalue weighted by Gasteiger charge is -2.19. The van der Waals surface area contributed by atoms with Crippen molar-refractivity contribution in [3.8, 4) is 0 Å². The number of amides is 1. The maximum absolute atomic E-state index is 11.5. The van der Waals surface area contributed by atoms with Crippen molar-refractivity contribution >= 4 is 17.5 Å². The molecule has 1 aromatic carbocycles. The minimum Gasteiger partial charge on any atom is -0.272 e. The molecule has 0 saturated heterocycles. The predicted molar refractivity (Wildman–Crippen MR) is 64.1 cm³/mol. The van der Waals surface area contributed by atoms with Crippen molar-refractivity contribution in [1.82, 2.24) is 5.48 Å². The molecule has 0 fully saturated rings. The van der Waals surface area contributed by atoms with Gasteiger partial charge in [-0.25, -0.2) is 5.48 Å². The molecule has 0 atom stereocenters. The second-order valence-electron chi connectivity index (χ2n) is 4.51. The van der Waals surface area contributed by atoms with Crippen LogP contribution in [0.15, 0.2) is 24.3 Å². The zero-order chi connectivity index (χ0) is 12.2. The summed E-state index contributed by atoms with van der Waals surface area (Å²) in [6.07, 6.45) is 0.218. The number of halogens is 1. The Morgan fingerprint density at radius 1 is 1.38 bits per heavy atom. The molecule has 4 heteroatoms. The summed E-state index contributed by atoms with van der Waals surface area (Å²) < 4.78 is 0. The molecule has 16 heavy (non-hydrogen) atoms. The van der Waals surface area contributed by atoms with Crippen LogP contribution in [-0.2, 0) is 16.1 Å². The Balaban J connectivity index is 2.50. The first-order valence-electron chi connectivity index (χ1n) is 5.09. The molecule has 1 amide bonds. The SMILES string of the molecule is CC(C)(C)ONC(=O)Cc1ccccc1Cl. The molecule has 0 bridgehead atoms. The quantitative estimate of drug-likeness (QED) is 0.827. The molecule has 0 unspecified atom stereocenters. The first-order valence-corrected chi connectivity index (χ1v) is 5.46.